The van der Waals surface area contributed by atoms with Crippen LogP contribution in [0.4, 0.5) is 0 Å². The highest BCUT2D eigenvalue weighted by Gasteiger charge is 2.19. The van der Waals surface area contributed by atoms with Crippen molar-refractivity contribution in [1.29, 1.82) is 0 Å². The van der Waals surface area contributed by atoms with Crippen molar-refractivity contribution in [1.82, 2.24) is 10.6 Å². The molecule has 3 rings (SSSR count). The molecule has 0 bridgehead atoms. The van der Waals surface area contributed by atoms with Crippen LogP contribution in [0.25, 0.3) is 0 Å². The van der Waals surface area contributed by atoms with Crippen LogP contribution in [0.5, 0.6) is 0 Å². The largest absolute Gasteiger partial charge is 0.351 e. The number of carbonyl (C=O) groups excluding carboxylic acids is 1. The second-order valence-corrected chi connectivity index (χ2v) is 6.39. The summed E-state index contributed by atoms with van der Waals surface area (Å²) in [7, 11) is 0. The third-order valence-corrected chi connectivity index (χ3v) is 4.90. The molecule has 114 valence electrons. The van der Waals surface area contributed by atoms with Gasteiger partial charge >= 0.3 is 0 Å². The Bertz CT molecular complexity index is 657. The molecule has 0 fully saturated rings. The topological polar surface area (TPSA) is 41.1 Å². The fourth-order valence-corrected chi connectivity index (χ4v) is 3.49. The van der Waals surface area contributed by atoms with Crippen molar-refractivity contribution < 1.29 is 4.79 Å². The van der Waals surface area contributed by atoms with Crippen molar-refractivity contribution in [3.05, 3.63) is 70.8 Å². The number of fused-ring (bicyclic) bond motifs is 1. The number of benzene rings is 2. The van der Waals surface area contributed by atoms with E-state index < -0.39 is 0 Å². The Labute approximate surface area is 135 Å². The van der Waals surface area contributed by atoms with Crippen LogP contribution in [0.1, 0.15) is 27.5 Å². The smallest absolute Gasteiger partial charge is 0.237 e. The Morgan fingerprint density at radius 2 is 1.95 bits per heavy atom. The van der Waals surface area contributed by atoms with Crippen molar-refractivity contribution in [2.75, 3.05) is 6.26 Å². The van der Waals surface area contributed by atoms with Crippen LogP contribution in [0.15, 0.2) is 48.5 Å². The van der Waals surface area contributed by atoms with Crippen molar-refractivity contribution >= 4 is 17.7 Å². The van der Waals surface area contributed by atoms with E-state index in [1.54, 1.807) is 11.8 Å². The molecule has 1 aliphatic heterocycles. The molecular weight excluding hydrogens is 292 g/mol. The Morgan fingerprint density at radius 1 is 1.18 bits per heavy atom. The minimum absolute atomic E-state index is 0.0670. The van der Waals surface area contributed by atoms with Gasteiger partial charge in [0, 0.05) is 19.6 Å². The Hall–Kier alpha value is -1.78. The van der Waals surface area contributed by atoms with Crippen molar-refractivity contribution in [3.8, 4) is 0 Å². The maximum absolute atomic E-state index is 12.4. The molecule has 2 aromatic carbocycles. The summed E-state index contributed by atoms with van der Waals surface area (Å²) < 4.78 is 0. The molecule has 1 amide bonds. The molecular formula is C18H20N2OS. The van der Waals surface area contributed by atoms with Crippen LogP contribution in [-0.4, -0.2) is 12.2 Å². The molecule has 2 aromatic rings. The first kappa shape index (κ1) is 15.1. The lowest BCUT2D eigenvalue weighted by molar-refractivity contribution is -0.120. The van der Waals surface area contributed by atoms with E-state index >= 15 is 0 Å². The first-order chi connectivity index (χ1) is 10.8. The van der Waals surface area contributed by atoms with Gasteiger partial charge in [-0.3, -0.25) is 4.79 Å². The lowest BCUT2D eigenvalue weighted by Crippen LogP contribution is -2.27. The third kappa shape index (κ3) is 3.34. The van der Waals surface area contributed by atoms with E-state index in [1.807, 2.05) is 36.6 Å². The normalized spacial score (nSPS) is 14.4. The summed E-state index contributed by atoms with van der Waals surface area (Å²) in [4.78, 5) is 12.4. The molecule has 0 saturated heterocycles. The van der Waals surface area contributed by atoms with E-state index in [1.165, 1.54) is 11.1 Å². The van der Waals surface area contributed by atoms with Gasteiger partial charge in [-0.15, -0.1) is 11.8 Å². The zero-order chi connectivity index (χ0) is 15.4. The molecule has 4 heteroatoms. The molecule has 2 N–H and O–H groups in total. The van der Waals surface area contributed by atoms with Gasteiger partial charge in [0.15, 0.2) is 0 Å². The molecule has 22 heavy (non-hydrogen) atoms. The van der Waals surface area contributed by atoms with Gasteiger partial charge in [-0.05, 0) is 28.5 Å². The molecule has 0 saturated carbocycles. The van der Waals surface area contributed by atoms with Gasteiger partial charge in [0.1, 0.15) is 5.25 Å². The number of carbonyl (C=O) groups is 1. The van der Waals surface area contributed by atoms with E-state index in [9.17, 15) is 4.79 Å². The summed E-state index contributed by atoms with van der Waals surface area (Å²) in [5, 5.41) is 6.24. The average Bonchev–Trinajstić information content (AvgIpc) is 3.02. The SMILES string of the molecule is CSC(C(=O)NCc1ccc2c(c1)CNC2)c1ccccc1. The zero-order valence-electron chi connectivity index (χ0n) is 12.6. The summed E-state index contributed by atoms with van der Waals surface area (Å²) in [6, 6.07) is 16.4. The van der Waals surface area contributed by atoms with Gasteiger partial charge in [-0.1, -0.05) is 48.5 Å². The van der Waals surface area contributed by atoms with Gasteiger partial charge in [0.25, 0.3) is 0 Å². The predicted octanol–water partition coefficient (Wildman–Crippen LogP) is 3.01. The lowest BCUT2D eigenvalue weighted by atomic mass is 10.1. The first-order valence-corrected chi connectivity index (χ1v) is 8.73. The minimum atomic E-state index is -0.155. The summed E-state index contributed by atoms with van der Waals surface area (Å²) in [5.41, 5.74) is 4.91. The minimum Gasteiger partial charge on any atom is -0.351 e. The number of thioether (sulfide) groups is 1. The first-order valence-electron chi connectivity index (χ1n) is 7.45. The number of amides is 1. The summed E-state index contributed by atoms with van der Waals surface area (Å²) >= 11 is 1.56. The van der Waals surface area contributed by atoms with Gasteiger partial charge in [0.05, 0.1) is 0 Å². The predicted molar refractivity (Wildman–Crippen MR) is 91.5 cm³/mol. The lowest BCUT2D eigenvalue weighted by Gasteiger charge is -2.15. The van der Waals surface area contributed by atoms with E-state index in [4.69, 9.17) is 0 Å². The summed E-state index contributed by atoms with van der Waals surface area (Å²) in [6.07, 6.45) is 1.97. The Balaban J connectivity index is 1.64. The van der Waals surface area contributed by atoms with Crippen molar-refractivity contribution in [2.24, 2.45) is 0 Å². The second kappa shape index (κ2) is 6.99. The van der Waals surface area contributed by atoms with Gasteiger partial charge in [-0.2, -0.15) is 0 Å². The Morgan fingerprint density at radius 3 is 2.73 bits per heavy atom. The van der Waals surface area contributed by atoms with Crippen molar-refractivity contribution in [3.63, 3.8) is 0 Å². The van der Waals surface area contributed by atoms with Crippen LogP contribution in [0.2, 0.25) is 0 Å². The highest BCUT2D eigenvalue weighted by atomic mass is 32.2. The van der Waals surface area contributed by atoms with Gasteiger partial charge in [0.2, 0.25) is 5.91 Å². The van der Waals surface area contributed by atoms with E-state index in [0.717, 1.165) is 24.2 Å². The average molecular weight is 312 g/mol. The van der Waals surface area contributed by atoms with Crippen molar-refractivity contribution in [2.45, 2.75) is 24.9 Å². The highest BCUT2D eigenvalue weighted by molar-refractivity contribution is 7.99. The molecule has 0 spiro atoms. The van der Waals surface area contributed by atoms with Crippen LogP contribution < -0.4 is 10.6 Å². The number of nitrogens with one attached hydrogen (secondary N) is 2. The molecule has 0 aromatic heterocycles. The second-order valence-electron chi connectivity index (χ2n) is 5.45. The number of rotatable bonds is 5. The molecule has 0 radical (unpaired) electrons. The molecule has 0 aliphatic carbocycles. The molecule has 1 heterocycles. The van der Waals surface area contributed by atoms with Gasteiger partial charge < -0.3 is 10.6 Å². The van der Waals surface area contributed by atoms with Crippen LogP contribution in [0.3, 0.4) is 0 Å². The van der Waals surface area contributed by atoms with E-state index in [2.05, 4.69) is 28.8 Å². The number of hydrogen-bond donors (Lipinski definition) is 2. The maximum atomic E-state index is 12.4. The van der Waals surface area contributed by atoms with Gasteiger partial charge in [-0.25, -0.2) is 0 Å². The maximum Gasteiger partial charge on any atom is 0.237 e. The standard InChI is InChI=1S/C18H20N2OS/c1-22-17(14-5-3-2-4-6-14)18(21)20-10-13-7-8-15-11-19-12-16(15)9-13/h2-9,17,19H,10-12H2,1H3,(H,20,21). The van der Waals surface area contributed by atoms with Crippen LogP contribution >= 0.6 is 11.8 Å². The van der Waals surface area contributed by atoms with E-state index in [0.29, 0.717) is 6.54 Å². The molecule has 1 atom stereocenters. The zero-order valence-corrected chi connectivity index (χ0v) is 13.5. The van der Waals surface area contributed by atoms with Crippen LogP contribution in [0, 0.1) is 0 Å². The Kier molecular flexibility index (Phi) is 4.80. The van der Waals surface area contributed by atoms with Crippen LogP contribution in [-0.2, 0) is 24.4 Å². The summed E-state index contributed by atoms with van der Waals surface area (Å²) in [6.45, 7) is 2.45. The number of hydrogen-bond acceptors (Lipinski definition) is 3. The fraction of sp³-hybridized carbons (Fsp3) is 0.278. The van der Waals surface area contributed by atoms with E-state index in [-0.39, 0.29) is 11.2 Å². The highest BCUT2D eigenvalue weighted by Crippen LogP contribution is 2.26. The summed E-state index contributed by atoms with van der Waals surface area (Å²) in [5.74, 6) is 0.0670. The molecule has 1 aliphatic rings. The fourth-order valence-electron chi connectivity index (χ4n) is 2.76. The molecule has 3 nitrogen and oxygen atoms in total. The third-order valence-electron chi connectivity index (χ3n) is 3.94. The monoisotopic (exact) mass is 312 g/mol. The quantitative estimate of drug-likeness (QED) is 0.892. The molecule has 1 unspecified atom stereocenters.